The van der Waals surface area contributed by atoms with Crippen molar-refractivity contribution in [3.8, 4) is 0 Å². The van der Waals surface area contributed by atoms with Crippen molar-refractivity contribution in [3.63, 3.8) is 0 Å². The van der Waals surface area contributed by atoms with Gasteiger partial charge in [-0.25, -0.2) is 9.78 Å². The first kappa shape index (κ1) is 13.9. The van der Waals surface area contributed by atoms with Crippen LogP contribution in [-0.2, 0) is 0 Å². The minimum atomic E-state index is -0.865. The molecule has 0 bridgehead atoms. The number of aromatic carboxylic acids is 1. The van der Waals surface area contributed by atoms with Crippen molar-refractivity contribution in [1.29, 1.82) is 0 Å². The number of nitrogens with zero attached hydrogens (tertiary/aromatic N) is 3. The van der Waals surface area contributed by atoms with E-state index < -0.39 is 5.97 Å². The summed E-state index contributed by atoms with van der Waals surface area (Å²) in [6.45, 7) is 5.25. The van der Waals surface area contributed by atoms with E-state index in [0.717, 1.165) is 42.6 Å². The van der Waals surface area contributed by atoms with Crippen LogP contribution in [0, 0.1) is 6.92 Å². The number of aryl methyl sites for hydroxylation is 1. The molecule has 1 N–H and O–H groups in total. The van der Waals surface area contributed by atoms with Gasteiger partial charge in [0.1, 0.15) is 0 Å². The molecule has 2 heterocycles. The van der Waals surface area contributed by atoms with Gasteiger partial charge in [-0.3, -0.25) is 0 Å². The summed E-state index contributed by atoms with van der Waals surface area (Å²) >= 11 is 1.64. The Bertz CT molecular complexity index is 634. The Morgan fingerprint density at radius 1 is 1.24 bits per heavy atom. The fourth-order valence-corrected chi connectivity index (χ4v) is 3.30. The van der Waals surface area contributed by atoms with Gasteiger partial charge < -0.3 is 14.9 Å². The van der Waals surface area contributed by atoms with E-state index >= 15 is 0 Å². The highest BCUT2D eigenvalue weighted by Crippen LogP contribution is 2.25. The Hall–Kier alpha value is -2.08. The van der Waals surface area contributed by atoms with Gasteiger partial charge in [0.2, 0.25) is 0 Å². The molecule has 0 amide bonds. The predicted octanol–water partition coefficient (Wildman–Crippen LogP) is 2.48. The number of thiazole rings is 1. The summed E-state index contributed by atoms with van der Waals surface area (Å²) in [6.07, 6.45) is 1.81. The van der Waals surface area contributed by atoms with Gasteiger partial charge in [0.25, 0.3) is 0 Å². The van der Waals surface area contributed by atoms with E-state index in [1.807, 2.05) is 30.6 Å². The van der Waals surface area contributed by atoms with Crippen molar-refractivity contribution in [3.05, 3.63) is 40.9 Å². The Morgan fingerprint density at radius 2 is 1.95 bits per heavy atom. The zero-order valence-corrected chi connectivity index (χ0v) is 12.6. The van der Waals surface area contributed by atoms with E-state index in [0.29, 0.717) is 5.56 Å². The summed E-state index contributed by atoms with van der Waals surface area (Å²) in [7, 11) is 0. The highest BCUT2D eigenvalue weighted by molar-refractivity contribution is 7.13. The molecule has 0 spiro atoms. The number of aromatic nitrogens is 1. The third-order valence-corrected chi connectivity index (χ3v) is 4.52. The third kappa shape index (κ3) is 2.85. The lowest BCUT2D eigenvalue weighted by Crippen LogP contribution is -2.47. The van der Waals surface area contributed by atoms with Crippen molar-refractivity contribution in [2.24, 2.45) is 0 Å². The maximum atomic E-state index is 11.4. The summed E-state index contributed by atoms with van der Waals surface area (Å²) in [4.78, 5) is 20.1. The van der Waals surface area contributed by atoms with Crippen molar-refractivity contribution in [2.75, 3.05) is 36.0 Å². The number of carbonyl (C=O) groups is 1. The molecule has 0 atom stereocenters. The molecule has 1 fully saturated rings. The number of carboxylic acid groups (broad SMARTS) is 1. The second kappa shape index (κ2) is 5.73. The van der Waals surface area contributed by atoms with Crippen LogP contribution >= 0.6 is 11.3 Å². The topological polar surface area (TPSA) is 56.7 Å². The fourth-order valence-electron chi connectivity index (χ4n) is 2.61. The van der Waals surface area contributed by atoms with Gasteiger partial charge in [0.15, 0.2) is 5.13 Å². The molecule has 6 heteroatoms. The van der Waals surface area contributed by atoms with Crippen molar-refractivity contribution in [2.45, 2.75) is 6.92 Å². The van der Waals surface area contributed by atoms with Gasteiger partial charge in [-0.05, 0) is 19.1 Å². The number of carboxylic acids is 1. The van der Waals surface area contributed by atoms with Crippen LogP contribution in [0.3, 0.4) is 0 Å². The predicted molar refractivity (Wildman–Crippen MR) is 84.7 cm³/mol. The van der Waals surface area contributed by atoms with Crippen molar-refractivity contribution < 1.29 is 9.90 Å². The molecule has 0 unspecified atom stereocenters. The lowest BCUT2D eigenvalue weighted by molar-refractivity contribution is 0.0697. The minimum Gasteiger partial charge on any atom is -0.478 e. The average molecular weight is 303 g/mol. The maximum Gasteiger partial charge on any atom is 0.337 e. The molecule has 110 valence electrons. The van der Waals surface area contributed by atoms with E-state index in [9.17, 15) is 9.90 Å². The summed E-state index contributed by atoms with van der Waals surface area (Å²) in [5, 5.41) is 12.4. The quantitative estimate of drug-likeness (QED) is 0.944. The Morgan fingerprint density at radius 3 is 2.57 bits per heavy atom. The average Bonchev–Trinajstić information content (AvgIpc) is 3.01. The van der Waals surface area contributed by atoms with Gasteiger partial charge in [0, 0.05) is 37.8 Å². The molecular formula is C15H17N3O2S. The van der Waals surface area contributed by atoms with E-state index in [2.05, 4.69) is 14.8 Å². The molecule has 3 rings (SSSR count). The highest BCUT2D eigenvalue weighted by atomic mass is 32.1. The van der Waals surface area contributed by atoms with Crippen LogP contribution in [0.1, 0.15) is 15.9 Å². The van der Waals surface area contributed by atoms with Crippen LogP contribution in [-0.4, -0.2) is 42.2 Å². The normalized spacial score (nSPS) is 15.3. The number of hydrogen-bond acceptors (Lipinski definition) is 5. The largest absolute Gasteiger partial charge is 0.478 e. The summed E-state index contributed by atoms with van der Waals surface area (Å²) in [6, 6.07) is 5.62. The second-order valence-electron chi connectivity index (χ2n) is 5.11. The Balaban J connectivity index is 1.76. The zero-order valence-electron chi connectivity index (χ0n) is 11.8. The first-order valence-electron chi connectivity index (χ1n) is 6.88. The number of benzene rings is 1. The monoisotopic (exact) mass is 303 g/mol. The van der Waals surface area contributed by atoms with Crippen LogP contribution in [0.25, 0.3) is 0 Å². The van der Waals surface area contributed by atoms with E-state index in [1.165, 1.54) is 0 Å². The number of piperazine rings is 1. The Kier molecular flexibility index (Phi) is 3.79. The fraction of sp³-hybridized carbons (Fsp3) is 0.333. The molecule has 1 aliphatic rings. The highest BCUT2D eigenvalue weighted by Gasteiger charge is 2.22. The van der Waals surface area contributed by atoms with E-state index in [4.69, 9.17) is 0 Å². The van der Waals surface area contributed by atoms with Gasteiger partial charge >= 0.3 is 5.97 Å². The molecule has 2 aromatic rings. The van der Waals surface area contributed by atoms with E-state index in [-0.39, 0.29) is 0 Å². The van der Waals surface area contributed by atoms with Crippen molar-refractivity contribution >= 4 is 28.1 Å². The molecule has 5 nitrogen and oxygen atoms in total. The van der Waals surface area contributed by atoms with Crippen LogP contribution in [0.15, 0.2) is 29.8 Å². The van der Waals surface area contributed by atoms with Crippen LogP contribution in [0.5, 0.6) is 0 Å². The van der Waals surface area contributed by atoms with Gasteiger partial charge in [-0.1, -0.05) is 11.6 Å². The Labute approximate surface area is 127 Å². The summed E-state index contributed by atoms with van der Waals surface area (Å²) < 4.78 is 0. The van der Waals surface area contributed by atoms with Crippen molar-refractivity contribution in [1.82, 2.24) is 4.98 Å². The first-order chi connectivity index (χ1) is 10.1. The first-order valence-corrected chi connectivity index (χ1v) is 7.76. The molecule has 0 saturated carbocycles. The van der Waals surface area contributed by atoms with Gasteiger partial charge in [-0.2, -0.15) is 0 Å². The molecule has 1 aliphatic heterocycles. The molecule has 21 heavy (non-hydrogen) atoms. The van der Waals surface area contributed by atoms with Crippen LogP contribution in [0.2, 0.25) is 0 Å². The third-order valence-electron chi connectivity index (χ3n) is 3.69. The zero-order chi connectivity index (χ0) is 14.8. The minimum absolute atomic E-state index is 0.387. The molecular weight excluding hydrogens is 286 g/mol. The van der Waals surface area contributed by atoms with Gasteiger partial charge in [-0.15, -0.1) is 11.3 Å². The number of hydrogen-bond donors (Lipinski definition) is 1. The summed E-state index contributed by atoms with van der Waals surface area (Å²) in [5.74, 6) is -0.865. The van der Waals surface area contributed by atoms with Crippen LogP contribution < -0.4 is 9.80 Å². The number of anilines is 2. The number of rotatable bonds is 3. The molecule has 1 aromatic heterocycles. The van der Waals surface area contributed by atoms with Gasteiger partial charge in [0.05, 0.1) is 11.3 Å². The summed E-state index contributed by atoms with van der Waals surface area (Å²) in [5.41, 5.74) is 2.17. The molecule has 0 aliphatic carbocycles. The lowest BCUT2D eigenvalue weighted by Gasteiger charge is -2.36. The second-order valence-corrected chi connectivity index (χ2v) is 5.99. The SMILES string of the molecule is Cc1ccc(N2CCN(c3nccs3)CC2)c(C(=O)O)c1. The van der Waals surface area contributed by atoms with Crippen LogP contribution in [0.4, 0.5) is 10.8 Å². The maximum absolute atomic E-state index is 11.4. The molecule has 1 aromatic carbocycles. The van der Waals surface area contributed by atoms with E-state index in [1.54, 1.807) is 17.4 Å². The molecule has 1 saturated heterocycles. The lowest BCUT2D eigenvalue weighted by atomic mass is 10.1. The standard InChI is InChI=1S/C15H17N3O2S/c1-11-2-3-13(12(10-11)14(19)20)17-5-7-18(8-6-17)15-16-4-9-21-15/h2-4,9-10H,5-8H2,1H3,(H,19,20). The molecule has 0 radical (unpaired) electrons. The smallest absolute Gasteiger partial charge is 0.337 e.